The van der Waals surface area contributed by atoms with Crippen molar-refractivity contribution in [3.63, 3.8) is 0 Å². The average Bonchev–Trinajstić information content (AvgIpc) is 2.75. The maximum absolute atomic E-state index is 12.4. The minimum absolute atomic E-state index is 0.0571. The smallest absolute Gasteiger partial charge is 0.306 e. The maximum Gasteiger partial charge on any atom is 0.306 e. The number of phenols is 1. The van der Waals surface area contributed by atoms with Crippen LogP contribution in [0.15, 0.2) is 68.7 Å². The van der Waals surface area contributed by atoms with Crippen LogP contribution in [-0.2, 0) is 15.3 Å². The third-order valence-corrected chi connectivity index (χ3v) is 5.75. The number of aromatic hydroxyl groups is 2. The number of carbonyl (C=O) groups excluding carboxylic acids is 1. The van der Waals surface area contributed by atoms with Crippen molar-refractivity contribution >= 4 is 29.3 Å². The van der Waals surface area contributed by atoms with Crippen molar-refractivity contribution in [3.05, 3.63) is 86.9 Å². The van der Waals surface area contributed by atoms with Crippen LogP contribution in [0.5, 0.6) is 11.5 Å². The number of halogens is 1. The summed E-state index contributed by atoms with van der Waals surface area (Å²) in [7, 11) is 1.24. The van der Waals surface area contributed by atoms with Crippen molar-refractivity contribution in [1.29, 1.82) is 0 Å². The predicted molar refractivity (Wildman–Crippen MR) is 114 cm³/mol. The van der Waals surface area contributed by atoms with Crippen molar-refractivity contribution in [2.75, 3.05) is 7.11 Å². The molecular weight excluding hydrogens is 428 g/mol. The van der Waals surface area contributed by atoms with E-state index in [-0.39, 0.29) is 23.0 Å². The second kappa shape index (κ2) is 9.73. The zero-order valence-corrected chi connectivity index (χ0v) is 17.6. The van der Waals surface area contributed by atoms with Gasteiger partial charge in [-0.05, 0) is 29.8 Å². The number of hydrogen-bond acceptors (Lipinski definition) is 7. The van der Waals surface area contributed by atoms with Gasteiger partial charge in [0, 0.05) is 11.0 Å². The van der Waals surface area contributed by atoms with Gasteiger partial charge in [-0.1, -0.05) is 35.9 Å². The van der Waals surface area contributed by atoms with Crippen molar-refractivity contribution in [2.24, 2.45) is 0 Å². The molecule has 0 saturated heterocycles. The molecule has 2 aromatic carbocycles. The molecule has 2 N–H and O–H groups in total. The number of hydrogen-bond donors (Lipinski definition) is 2. The molecule has 1 atom stereocenters. The third kappa shape index (κ3) is 5.17. The molecule has 3 rings (SSSR count). The van der Waals surface area contributed by atoms with Crippen molar-refractivity contribution in [2.45, 2.75) is 23.0 Å². The molecule has 0 aliphatic carbocycles. The summed E-state index contributed by atoms with van der Waals surface area (Å²) in [5.74, 6) is -1.45. The van der Waals surface area contributed by atoms with Gasteiger partial charge >= 0.3 is 5.97 Å². The molecule has 30 heavy (non-hydrogen) atoms. The van der Waals surface area contributed by atoms with Gasteiger partial charge in [0.15, 0.2) is 5.76 Å². The summed E-state index contributed by atoms with van der Waals surface area (Å²) in [5.41, 5.74) is -0.130. The van der Waals surface area contributed by atoms with Crippen LogP contribution in [0, 0.1) is 0 Å². The van der Waals surface area contributed by atoms with E-state index in [1.807, 2.05) is 30.3 Å². The number of esters is 1. The highest BCUT2D eigenvalue weighted by Crippen LogP contribution is 2.37. The molecular formula is C22H19ClO6S. The molecule has 0 bridgehead atoms. The van der Waals surface area contributed by atoms with E-state index in [9.17, 15) is 19.8 Å². The number of methoxy groups -OCH3 is 1. The fourth-order valence-corrected chi connectivity index (χ4v) is 3.88. The Bertz CT molecular complexity index is 1100. The highest BCUT2D eigenvalue weighted by Gasteiger charge is 2.27. The van der Waals surface area contributed by atoms with E-state index in [1.54, 1.807) is 6.07 Å². The van der Waals surface area contributed by atoms with Crippen LogP contribution >= 0.6 is 23.4 Å². The van der Waals surface area contributed by atoms with Gasteiger partial charge in [0.05, 0.1) is 30.2 Å². The molecule has 6 nitrogen and oxygen atoms in total. The van der Waals surface area contributed by atoms with Gasteiger partial charge in [-0.15, -0.1) is 11.8 Å². The van der Waals surface area contributed by atoms with Crippen LogP contribution in [0.3, 0.4) is 0 Å². The molecule has 156 valence electrons. The first-order valence-electron chi connectivity index (χ1n) is 8.98. The number of carbonyl (C=O) groups is 1. The molecule has 0 aliphatic rings. The maximum atomic E-state index is 12.4. The summed E-state index contributed by atoms with van der Waals surface area (Å²) < 4.78 is 10.6. The molecule has 0 aliphatic heterocycles. The third-order valence-electron chi connectivity index (χ3n) is 4.41. The first kappa shape index (κ1) is 21.8. The lowest BCUT2D eigenvalue weighted by molar-refractivity contribution is -0.140. The van der Waals surface area contributed by atoms with Gasteiger partial charge in [-0.25, -0.2) is 0 Å². The molecule has 0 unspecified atom stereocenters. The normalized spacial score (nSPS) is 11.8. The highest BCUT2D eigenvalue weighted by molar-refractivity contribution is 7.98. The summed E-state index contributed by atoms with van der Waals surface area (Å²) >= 11 is 7.48. The lowest BCUT2D eigenvalue weighted by Gasteiger charge is -2.18. The number of phenolic OH excluding ortho intramolecular Hbond substituents is 1. The number of rotatable bonds is 7. The number of thioether (sulfide) groups is 1. The fourth-order valence-electron chi connectivity index (χ4n) is 2.89. The summed E-state index contributed by atoms with van der Waals surface area (Å²) in [5, 5.41) is 20.2. The van der Waals surface area contributed by atoms with Crippen molar-refractivity contribution in [3.8, 4) is 11.5 Å². The first-order chi connectivity index (χ1) is 14.4. The average molecular weight is 447 g/mol. The molecule has 0 spiro atoms. The van der Waals surface area contributed by atoms with Crippen LogP contribution in [0.1, 0.15) is 29.4 Å². The van der Waals surface area contributed by atoms with Gasteiger partial charge in [0.1, 0.15) is 11.5 Å². The van der Waals surface area contributed by atoms with Crippen LogP contribution in [0.25, 0.3) is 0 Å². The molecule has 8 heteroatoms. The monoisotopic (exact) mass is 446 g/mol. The first-order valence-corrected chi connectivity index (χ1v) is 10.3. The minimum Gasteiger partial charge on any atom is -0.506 e. The summed E-state index contributed by atoms with van der Waals surface area (Å²) in [6, 6.07) is 15.2. The number of ether oxygens (including phenoxy) is 1. The van der Waals surface area contributed by atoms with Gasteiger partial charge in [0.2, 0.25) is 11.2 Å². The molecule has 0 saturated carbocycles. The Morgan fingerprint density at radius 2 is 1.90 bits per heavy atom. The van der Waals surface area contributed by atoms with Gasteiger partial charge in [-0.3, -0.25) is 9.59 Å². The van der Waals surface area contributed by atoms with Gasteiger partial charge < -0.3 is 19.4 Å². The van der Waals surface area contributed by atoms with E-state index in [1.165, 1.54) is 37.1 Å². The van der Waals surface area contributed by atoms with E-state index < -0.39 is 23.1 Å². The molecule has 0 radical (unpaired) electrons. The second-order valence-corrected chi connectivity index (χ2v) is 7.89. The van der Waals surface area contributed by atoms with Crippen molar-refractivity contribution < 1.29 is 24.2 Å². The van der Waals surface area contributed by atoms with Crippen molar-refractivity contribution in [1.82, 2.24) is 0 Å². The topological polar surface area (TPSA) is 97.0 Å². The van der Waals surface area contributed by atoms with E-state index in [4.69, 9.17) is 20.8 Å². The number of benzene rings is 2. The Morgan fingerprint density at radius 1 is 1.17 bits per heavy atom. The Balaban J connectivity index is 2.00. The Kier molecular flexibility index (Phi) is 7.07. The SMILES string of the molecule is COC(=O)C[C@H](c1ccc(O)c(Cl)c1)c1oc(CSc2ccccc2)cc(=O)c1O. The molecule has 1 aromatic heterocycles. The quantitative estimate of drug-likeness (QED) is 0.401. The Hall–Kier alpha value is -2.90. The molecule has 3 aromatic rings. The van der Waals surface area contributed by atoms with E-state index >= 15 is 0 Å². The van der Waals surface area contributed by atoms with E-state index in [0.29, 0.717) is 17.1 Å². The van der Waals surface area contributed by atoms with E-state index in [2.05, 4.69) is 0 Å². The second-order valence-electron chi connectivity index (χ2n) is 6.44. The minimum atomic E-state index is -0.829. The zero-order valence-electron chi connectivity index (χ0n) is 16.0. The van der Waals surface area contributed by atoms with Crippen LogP contribution < -0.4 is 5.43 Å². The summed E-state index contributed by atoms with van der Waals surface area (Å²) in [6.45, 7) is 0. The summed E-state index contributed by atoms with van der Waals surface area (Å²) in [6.07, 6.45) is -0.191. The van der Waals surface area contributed by atoms with E-state index in [0.717, 1.165) is 4.90 Å². The lowest BCUT2D eigenvalue weighted by atomic mass is 9.92. The van der Waals surface area contributed by atoms with Gasteiger partial charge in [-0.2, -0.15) is 0 Å². The highest BCUT2D eigenvalue weighted by atomic mass is 35.5. The molecule has 1 heterocycles. The van der Waals surface area contributed by atoms with Crippen LogP contribution in [-0.4, -0.2) is 23.3 Å². The largest absolute Gasteiger partial charge is 0.506 e. The predicted octanol–water partition coefficient (Wildman–Crippen LogP) is 4.69. The summed E-state index contributed by atoms with van der Waals surface area (Å²) in [4.78, 5) is 25.4. The van der Waals surface area contributed by atoms with Crippen LogP contribution in [0.4, 0.5) is 0 Å². The van der Waals surface area contributed by atoms with Gasteiger partial charge in [0.25, 0.3) is 0 Å². The lowest BCUT2D eigenvalue weighted by Crippen LogP contribution is -2.14. The zero-order chi connectivity index (χ0) is 21.7. The Labute approximate surface area is 182 Å². The molecule has 0 fully saturated rings. The Morgan fingerprint density at radius 3 is 2.57 bits per heavy atom. The standard InChI is InChI=1S/C22H19ClO6S/c1-28-20(26)11-16(13-7-8-18(24)17(23)9-13)22-21(27)19(25)10-14(29-22)12-30-15-5-3-2-4-6-15/h2-10,16,24,27H,11-12H2,1H3/t16-/m1/s1. The molecule has 0 amide bonds. The fraction of sp³-hybridized carbons (Fsp3) is 0.182. The van der Waals surface area contributed by atoms with Crippen LogP contribution in [0.2, 0.25) is 5.02 Å².